The minimum atomic E-state index is -0.575. The molecular weight excluding hydrogens is 185 g/mol. The van der Waals surface area contributed by atoms with Crippen LogP contribution in [0, 0.1) is 5.82 Å². The summed E-state index contributed by atoms with van der Waals surface area (Å²) in [4.78, 5) is 0. The third kappa shape index (κ3) is 2.02. The van der Waals surface area contributed by atoms with E-state index in [4.69, 9.17) is 9.84 Å². The number of hydrogen-bond donors (Lipinski definition) is 2. The normalized spacial score (nSPS) is 16.6. The Bertz CT molecular complexity index is 326. The molecule has 0 aliphatic carbocycles. The van der Waals surface area contributed by atoms with E-state index in [0.29, 0.717) is 12.6 Å². The topological polar surface area (TPSA) is 41.5 Å². The molecule has 0 spiro atoms. The van der Waals surface area contributed by atoms with Crippen LogP contribution in [-0.4, -0.2) is 24.4 Å². The van der Waals surface area contributed by atoms with E-state index < -0.39 is 5.82 Å². The Morgan fingerprint density at radius 2 is 2.29 bits per heavy atom. The van der Waals surface area contributed by atoms with Crippen LogP contribution >= 0.6 is 0 Å². The smallest absolute Gasteiger partial charge is 0.165 e. The van der Waals surface area contributed by atoms with Crippen molar-refractivity contribution in [3.8, 4) is 5.75 Å². The second-order valence-corrected chi connectivity index (χ2v) is 3.40. The molecule has 1 aliphatic heterocycles. The van der Waals surface area contributed by atoms with Gasteiger partial charge < -0.3 is 15.2 Å². The standard InChI is InChI=1S/C10H12FNO2/c11-9-3-7(1-2-10(9)13)4-12-8-5-14-6-8/h1-3,8,12-13H,4-6H2. The quantitative estimate of drug-likeness (QED) is 0.760. The molecule has 1 heterocycles. The van der Waals surface area contributed by atoms with Crippen molar-refractivity contribution >= 4 is 0 Å². The molecule has 0 atom stereocenters. The molecule has 0 bridgehead atoms. The van der Waals surface area contributed by atoms with Crippen molar-refractivity contribution < 1.29 is 14.2 Å². The molecule has 1 fully saturated rings. The highest BCUT2D eigenvalue weighted by Gasteiger charge is 2.17. The minimum Gasteiger partial charge on any atom is -0.505 e. The van der Waals surface area contributed by atoms with Crippen LogP contribution in [0.5, 0.6) is 5.75 Å². The summed E-state index contributed by atoms with van der Waals surface area (Å²) in [6.07, 6.45) is 0. The van der Waals surface area contributed by atoms with E-state index in [-0.39, 0.29) is 5.75 Å². The molecule has 1 aromatic rings. The fourth-order valence-corrected chi connectivity index (χ4v) is 1.28. The molecule has 1 aromatic carbocycles. The lowest BCUT2D eigenvalue weighted by atomic mass is 10.2. The number of benzene rings is 1. The number of aromatic hydroxyl groups is 1. The second kappa shape index (κ2) is 3.94. The molecular formula is C10H12FNO2. The van der Waals surface area contributed by atoms with Crippen LogP contribution in [0.3, 0.4) is 0 Å². The Labute approximate surface area is 81.5 Å². The summed E-state index contributed by atoms with van der Waals surface area (Å²) in [5.74, 6) is -0.880. The van der Waals surface area contributed by atoms with Crippen LogP contribution in [0.2, 0.25) is 0 Å². The van der Waals surface area contributed by atoms with Gasteiger partial charge in [0.1, 0.15) is 0 Å². The monoisotopic (exact) mass is 197 g/mol. The van der Waals surface area contributed by atoms with E-state index in [2.05, 4.69) is 5.32 Å². The number of phenols is 1. The number of rotatable bonds is 3. The number of nitrogens with one attached hydrogen (secondary N) is 1. The molecule has 0 amide bonds. The molecule has 2 N–H and O–H groups in total. The summed E-state index contributed by atoms with van der Waals surface area (Å²) in [6, 6.07) is 4.78. The first kappa shape index (κ1) is 9.43. The highest BCUT2D eigenvalue weighted by Crippen LogP contribution is 2.16. The summed E-state index contributed by atoms with van der Waals surface area (Å²) in [6.45, 7) is 2.05. The average Bonchev–Trinajstić information content (AvgIpc) is 2.08. The van der Waals surface area contributed by atoms with Gasteiger partial charge in [0, 0.05) is 6.54 Å². The third-order valence-electron chi connectivity index (χ3n) is 2.25. The molecule has 1 aliphatic rings. The highest BCUT2D eigenvalue weighted by atomic mass is 19.1. The van der Waals surface area contributed by atoms with Crippen molar-refractivity contribution in [2.45, 2.75) is 12.6 Å². The first-order valence-electron chi connectivity index (χ1n) is 4.54. The zero-order chi connectivity index (χ0) is 9.97. The molecule has 4 heteroatoms. The van der Waals surface area contributed by atoms with Crippen molar-refractivity contribution in [2.24, 2.45) is 0 Å². The van der Waals surface area contributed by atoms with Gasteiger partial charge in [-0.2, -0.15) is 0 Å². The predicted octanol–water partition coefficient (Wildman–Crippen LogP) is 1.02. The van der Waals surface area contributed by atoms with Crippen LogP contribution in [0.4, 0.5) is 4.39 Å². The lowest BCUT2D eigenvalue weighted by Gasteiger charge is -2.27. The largest absolute Gasteiger partial charge is 0.505 e. The van der Waals surface area contributed by atoms with Crippen LogP contribution in [0.15, 0.2) is 18.2 Å². The number of phenolic OH excluding ortho intramolecular Hbond substituents is 1. The van der Waals surface area contributed by atoms with Crippen LogP contribution in [-0.2, 0) is 11.3 Å². The van der Waals surface area contributed by atoms with Gasteiger partial charge in [0.15, 0.2) is 11.6 Å². The lowest BCUT2D eigenvalue weighted by Crippen LogP contribution is -2.45. The first-order chi connectivity index (χ1) is 6.75. The summed E-state index contributed by atoms with van der Waals surface area (Å²) >= 11 is 0. The molecule has 2 rings (SSSR count). The van der Waals surface area contributed by atoms with E-state index >= 15 is 0 Å². The van der Waals surface area contributed by atoms with Crippen molar-refractivity contribution in [3.05, 3.63) is 29.6 Å². The molecule has 14 heavy (non-hydrogen) atoms. The Kier molecular flexibility index (Phi) is 2.65. The van der Waals surface area contributed by atoms with Gasteiger partial charge in [-0.3, -0.25) is 0 Å². The van der Waals surface area contributed by atoms with E-state index in [0.717, 1.165) is 18.8 Å². The predicted molar refractivity (Wildman–Crippen MR) is 49.5 cm³/mol. The fraction of sp³-hybridized carbons (Fsp3) is 0.400. The van der Waals surface area contributed by atoms with Crippen molar-refractivity contribution in [1.29, 1.82) is 0 Å². The van der Waals surface area contributed by atoms with Crippen LogP contribution < -0.4 is 5.32 Å². The molecule has 0 saturated carbocycles. The number of halogens is 1. The van der Waals surface area contributed by atoms with Gasteiger partial charge in [0.25, 0.3) is 0 Å². The van der Waals surface area contributed by atoms with E-state index in [1.807, 2.05) is 0 Å². The maximum atomic E-state index is 12.9. The second-order valence-electron chi connectivity index (χ2n) is 3.40. The zero-order valence-electron chi connectivity index (χ0n) is 7.66. The number of hydrogen-bond acceptors (Lipinski definition) is 3. The van der Waals surface area contributed by atoms with E-state index in [1.165, 1.54) is 12.1 Å². The van der Waals surface area contributed by atoms with E-state index in [9.17, 15) is 4.39 Å². The van der Waals surface area contributed by atoms with Gasteiger partial charge in [-0.15, -0.1) is 0 Å². The van der Waals surface area contributed by atoms with E-state index in [1.54, 1.807) is 6.07 Å². The lowest BCUT2D eigenvalue weighted by molar-refractivity contribution is -0.00579. The van der Waals surface area contributed by atoms with Crippen LogP contribution in [0.25, 0.3) is 0 Å². The van der Waals surface area contributed by atoms with Gasteiger partial charge >= 0.3 is 0 Å². The maximum absolute atomic E-state index is 12.9. The maximum Gasteiger partial charge on any atom is 0.165 e. The summed E-state index contributed by atoms with van der Waals surface area (Å²) in [7, 11) is 0. The molecule has 0 radical (unpaired) electrons. The Morgan fingerprint density at radius 3 is 2.86 bits per heavy atom. The molecule has 76 valence electrons. The third-order valence-corrected chi connectivity index (χ3v) is 2.25. The fourth-order valence-electron chi connectivity index (χ4n) is 1.28. The molecule has 1 saturated heterocycles. The van der Waals surface area contributed by atoms with Crippen molar-refractivity contribution in [1.82, 2.24) is 5.32 Å². The summed E-state index contributed by atoms with van der Waals surface area (Å²) in [5, 5.41) is 12.2. The van der Waals surface area contributed by atoms with Gasteiger partial charge in [0.2, 0.25) is 0 Å². The average molecular weight is 197 g/mol. The molecule has 0 aromatic heterocycles. The van der Waals surface area contributed by atoms with Gasteiger partial charge in [0.05, 0.1) is 19.3 Å². The van der Waals surface area contributed by atoms with Gasteiger partial charge in [-0.1, -0.05) is 6.07 Å². The van der Waals surface area contributed by atoms with Gasteiger partial charge in [-0.25, -0.2) is 4.39 Å². The minimum absolute atomic E-state index is 0.305. The number of ether oxygens (including phenoxy) is 1. The van der Waals surface area contributed by atoms with Crippen molar-refractivity contribution in [3.63, 3.8) is 0 Å². The summed E-state index contributed by atoms with van der Waals surface area (Å²) < 4.78 is 17.9. The summed E-state index contributed by atoms with van der Waals surface area (Å²) in [5.41, 5.74) is 0.826. The zero-order valence-corrected chi connectivity index (χ0v) is 7.66. The van der Waals surface area contributed by atoms with Gasteiger partial charge in [-0.05, 0) is 17.7 Å². The first-order valence-corrected chi connectivity index (χ1v) is 4.54. The Morgan fingerprint density at radius 1 is 1.50 bits per heavy atom. The molecule has 3 nitrogen and oxygen atoms in total. The Balaban J connectivity index is 1.91. The highest BCUT2D eigenvalue weighted by molar-refractivity contribution is 5.27. The van der Waals surface area contributed by atoms with Crippen LogP contribution in [0.1, 0.15) is 5.56 Å². The molecule has 0 unspecified atom stereocenters. The Hall–Kier alpha value is -1.13. The SMILES string of the molecule is Oc1ccc(CNC2COC2)cc1F. The van der Waals surface area contributed by atoms with Crippen molar-refractivity contribution in [2.75, 3.05) is 13.2 Å².